The van der Waals surface area contributed by atoms with Crippen LogP contribution < -0.4 is 0 Å². The molecule has 0 heterocycles. The van der Waals surface area contributed by atoms with Crippen molar-refractivity contribution in [2.24, 2.45) is 0 Å². The summed E-state index contributed by atoms with van der Waals surface area (Å²) in [7, 11) is 0. The van der Waals surface area contributed by atoms with Crippen LogP contribution in [0.4, 0.5) is 0 Å². The Morgan fingerprint density at radius 2 is 0.917 bits per heavy atom. The molecule has 2 heteroatoms. The van der Waals surface area contributed by atoms with Crippen molar-refractivity contribution in [1.29, 1.82) is 0 Å². The molecule has 0 saturated carbocycles. The van der Waals surface area contributed by atoms with Crippen LogP contribution in [0.3, 0.4) is 0 Å². The number of rotatable bonds is 19. The summed E-state index contributed by atoms with van der Waals surface area (Å²) in [5.74, 6) is 1.04. The SMILES string of the molecule is CCCCCCCCCCCCCCCCCCSC(=O)CCC. The molecule has 0 rings (SSSR count). The van der Waals surface area contributed by atoms with E-state index in [1.165, 1.54) is 103 Å². The Bertz CT molecular complexity index is 252. The summed E-state index contributed by atoms with van der Waals surface area (Å²) in [6, 6.07) is 0. The molecule has 0 aliphatic carbocycles. The van der Waals surface area contributed by atoms with E-state index in [-0.39, 0.29) is 0 Å². The maximum atomic E-state index is 11.4. The third kappa shape index (κ3) is 20.1. The van der Waals surface area contributed by atoms with Crippen molar-refractivity contribution >= 4 is 16.9 Å². The average molecular weight is 357 g/mol. The van der Waals surface area contributed by atoms with Gasteiger partial charge in [-0.2, -0.15) is 0 Å². The Kier molecular flexibility index (Phi) is 21.1. The normalized spacial score (nSPS) is 11.1. The average Bonchev–Trinajstić information content (AvgIpc) is 2.58. The first-order valence-electron chi connectivity index (χ1n) is 11.0. The molecule has 0 saturated heterocycles. The second-order valence-corrected chi connectivity index (χ2v) is 8.43. The van der Waals surface area contributed by atoms with E-state index in [2.05, 4.69) is 13.8 Å². The third-order valence-electron chi connectivity index (χ3n) is 4.72. The molecular weight excluding hydrogens is 312 g/mol. The highest BCUT2D eigenvalue weighted by Crippen LogP contribution is 2.15. The van der Waals surface area contributed by atoms with Gasteiger partial charge in [-0.25, -0.2) is 0 Å². The molecule has 24 heavy (non-hydrogen) atoms. The number of hydrogen-bond acceptors (Lipinski definition) is 2. The van der Waals surface area contributed by atoms with Crippen molar-refractivity contribution in [3.8, 4) is 0 Å². The van der Waals surface area contributed by atoms with E-state index in [1.54, 1.807) is 11.8 Å². The van der Waals surface area contributed by atoms with Crippen LogP contribution in [0.5, 0.6) is 0 Å². The van der Waals surface area contributed by atoms with Crippen LogP contribution in [-0.2, 0) is 4.79 Å². The highest BCUT2D eigenvalue weighted by molar-refractivity contribution is 8.13. The molecule has 0 aromatic rings. The molecule has 0 aromatic heterocycles. The van der Waals surface area contributed by atoms with Gasteiger partial charge in [0, 0.05) is 12.2 Å². The van der Waals surface area contributed by atoms with Crippen molar-refractivity contribution in [3.63, 3.8) is 0 Å². The van der Waals surface area contributed by atoms with Gasteiger partial charge >= 0.3 is 0 Å². The van der Waals surface area contributed by atoms with E-state index in [0.29, 0.717) is 5.12 Å². The van der Waals surface area contributed by atoms with Gasteiger partial charge < -0.3 is 0 Å². The van der Waals surface area contributed by atoms with E-state index in [4.69, 9.17) is 0 Å². The second kappa shape index (κ2) is 21.1. The van der Waals surface area contributed by atoms with E-state index in [1.807, 2.05) is 0 Å². The van der Waals surface area contributed by atoms with E-state index in [0.717, 1.165) is 18.6 Å². The lowest BCUT2D eigenvalue weighted by Crippen LogP contribution is -1.92. The minimum atomic E-state index is 0.387. The predicted octanol–water partition coefficient (Wildman–Crippen LogP) is 8.31. The van der Waals surface area contributed by atoms with Gasteiger partial charge in [0.15, 0.2) is 5.12 Å². The summed E-state index contributed by atoms with van der Waals surface area (Å²) >= 11 is 1.55. The van der Waals surface area contributed by atoms with Crippen LogP contribution in [0, 0.1) is 0 Å². The summed E-state index contributed by atoms with van der Waals surface area (Å²) in [6.45, 7) is 4.36. The van der Waals surface area contributed by atoms with Gasteiger partial charge in [0.05, 0.1) is 0 Å². The quantitative estimate of drug-likeness (QED) is 0.216. The maximum Gasteiger partial charge on any atom is 0.188 e. The number of carbonyl (C=O) groups is 1. The third-order valence-corrected chi connectivity index (χ3v) is 5.73. The zero-order chi connectivity index (χ0) is 17.7. The fraction of sp³-hybridized carbons (Fsp3) is 0.955. The molecule has 0 radical (unpaired) electrons. The van der Waals surface area contributed by atoms with E-state index < -0.39 is 0 Å². The molecule has 0 spiro atoms. The largest absolute Gasteiger partial charge is 0.287 e. The number of hydrogen-bond donors (Lipinski definition) is 0. The molecule has 0 unspecified atom stereocenters. The van der Waals surface area contributed by atoms with Crippen molar-refractivity contribution in [2.45, 2.75) is 129 Å². The fourth-order valence-corrected chi connectivity index (χ4v) is 4.04. The van der Waals surface area contributed by atoms with Crippen molar-refractivity contribution in [2.75, 3.05) is 5.75 Å². The minimum absolute atomic E-state index is 0.387. The van der Waals surface area contributed by atoms with Crippen molar-refractivity contribution < 1.29 is 4.79 Å². The smallest absolute Gasteiger partial charge is 0.188 e. The van der Waals surface area contributed by atoms with Crippen LogP contribution in [0.15, 0.2) is 0 Å². The molecule has 0 aliphatic rings. The first-order chi connectivity index (χ1) is 11.8. The topological polar surface area (TPSA) is 17.1 Å². The van der Waals surface area contributed by atoms with Crippen LogP contribution in [0.2, 0.25) is 0 Å². The maximum absolute atomic E-state index is 11.4. The molecule has 0 aromatic carbocycles. The monoisotopic (exact) mass is 356 g/mol. The molecule has 1 nitrogen and oxygen atoms in total. The van der Waals surface area contributed by atoms with Crippen LogP contribution in [0.1, 0.15) is 129 Å². The Hall–Kier alpha value is 0.0200. The van der Waals surface area contributed by atoms with Crippen LogP contribution >= 0.6 is 11.8 Å². The standard InChI is InChI=1S/C22H44OS/c1-3-5-6-7-8-9-10-11-12-13-14-15-16-17-18-19-21-24-22(23)20-4-2/h3-21H2,1-2H3. The van der Waals surface area contributed by atoms with Crippen LogP contribution in [0.25, 0.3) is 0 Å². The highest BCUT2D eigenvalue weighted by atomic mass is 32.2. The molecule has 0 bridgehead atoms. The first kappa shape index (κ1) is 24.0. The lowest BCUT2D eigenvalue weighted by Gasteiger charge is -2.03. The van der Waals surface area contributed by atoms with Gasteiger partial charge in [0.25, 0.3) is 0 Å². The van der Waals surface area contributed by atoms with E-state index in [9.17, 15) is 4.79 Å². The van der Waals surface area contributed by atoms with Gasteiger partial charge in [-0.3, -0.25) is 4.79 Å². The summed E-state index contributed by atoms with van der Waals surface area (Å²) < 4.78 is 0. The van der Waals surface area contributed by atoms with Gasteiger partial charge in [0.1, 0.15) is 0 Å². The molecule has 0 aliphatic heterocycles. The molecule has 0 N–H and O–H groups in total. The molecule has 0 amide bonds. The molecule has 144 valence electrons. The second-order valence-electron chi connectivity index (χ2n) is 7.27. The zero-order valence-electron chi connectivity index (χ0n) is 16.8. The van der Waals surface area contributed by atoms with Gasteiger partial charge in [0.2, 0.25) is 0 Å². The van der Waals surface area contributed by atoms with Gasteiger partial charge in [-0.05, 0) is 12.8 Å². The summed E-state index contributed by atoms with van der Waals surface area (Å²) in [5, 5.41) is 0.387. The fourth-order valence-electron chi connectivity index (χ4n) is 3.11. The van der Waals surface area contributed by atoms with Gasteiger partial charge in [-0.15, -0.1) is 0 Å². The molecular formula is C22H44OS. The lowest BCUT2D eigenvalue weighted by molar-refractivity contribution is -0.111. The zero-order valence-corrected chi connectivity index (χ0v) is 17.6. The summed E-state index contributed by atoms with van der Waals surface area (Å²) in [4.78, 5) is 11.4. The van der Waals surface area contributed by atoms with Crippen LogP contribution in [-0.4, -0.2) is 10.9 Å². The Morgan fingerprint density at radius 3 is 1.29 bits per heavy atom. The minimum Gasteiger partial charge on any atom is -0.287 e. The predicted molar refractivity (Wildman–Crippen MR) is 112 cm³/mol. The summed E-state index contributed by atoms with van der Waals surface area (Å²) in [5.41, 5.74) is 0. The van der Waals surface area contributed by atoms with E-state index >= 15 is 0 Å². The molecule has 0 atom stereocenters. The Labute approximate surface area is 157 Å². The highest BCUT2D eigenvalue weighted by Gasteiger charge is 2.00. The first-order valence-corrected chi connectivity index (χ1v) is 12.0. The molecule has 0 fully saturated rings. The number of carbonyl (C=O) groups excluding carboxylic acids is 1. The van der Waals surface area contributed by atoms with Gasteiger partial charge in [-0.1, -0.05) is 122 Å². The lowest BCUT2D eigenvalue weighted by atomic mass is 10.0. The number of thioether (sulfide) groups is 1. The Morgan fingerprint density at radius 1 is 0.542 bits per heavy atom. The summed E-state index contributed by atoms with van der Waals surface area (Å²) in [6.07, 6.45) is 24.3. The van der Waals surface area contributed by atoms with Crippen molar-refractivity contribution in [3.05, 3.63) is 0 Å². The Balaban J connectivity index is 3.01. The van der Waals surface area contributed by atoms with Crippen molar-refractivity contribution in [1.82, 2.24) is 0 Å². The number of unbranched alkanes of at least 4 members (excludes halogenated alkanes) is 15.